The molecular formula is C15H22FNO3. The second kappa shape index (κ2) is 8.53. The van der Waals surface area contributed by atoms with Gasteiger partial charge in [0.15, 0.2) is 11.6 Å². The van der Waals surface area contributed by atoms with Gasteiger partial charge in [0.2, 0.25) is 0 Å². The van der Waals surface area contributed by atoms with E-state index in [9.17, 15) is 9.18 Å². The van der Waals surface area contributed by atoms with Crippen molar-refractivity contribution in [1.82, 2.24) is 5.32 Å². The fourth-order valence-electron chi connectivity index (χ4n) is 1.91. The summed E-state index contributed by atoms with van der Waals surface area (Å²) < 4.78 is 23.6. The summed E-state index contributed by atoms with van der Waals surface area (Å²) in [7, 11) is 1.42. The van der Waals surface area contributed by atoms with Crippen molar-refractivity contribution < 1.29 is 18.7 Å². The normalized spacial score (nSPS) is 12.0. The molecule has 0 radical (unpaired) electrons. The van der Waals surface area contributed by atoms with E-state index in [1.54, 1.807) is 19.1 Å². The van der Waals surface area contributed by atoms with Crippen LogP contribution in [0.2, 0.25) is 0 Å². The lowest BCUT2D eigenvalue weighted by molar-refractivity contribution is -0.143. The molecule has 112 valence electrons. The van der Waals surface area contributed by atoms with E-state index in [2.05, 4.69) is 5.32 Å². The van der Waals surface area contributed by atoms with Gasteiger partial charge in [0.1, 0.15) is 0 Å². The van der Waals surface area contributed by atoms with E-state index >= 15 is 0 Å². The molecule has 0 saturated heterocycles. The number of rotatable bonds is 8. The lowest BCUT2D eigenvalue weighted by Crippen LogP contribution is -2.25. The molecule has 0 saturated carbocycles. The highest BCUT2D eigenvalue weighted by Gasteiger charge is 2.17. The number of halogens is 1. The number of ether oxygens (including phenoxy) is 2. The highest BCUT2D eigenvalue weighted by molar-refractivity contribution is 5.70. The summed E-state index contributed by atoms with van der Waals surface area (Å²) in [6.45, 7) is 4.89. The predicted octanol–water partition coefficient (Wildman–Crippen LogP) is 2.83. The van der Waals surface area contributed by atoms with Crippen LogP contribution >= 0.6 is 0 Å². The van der Waals surface area contributed by atoms with Crippen molar-refractivity contribution in [3.05, 3.63) is 29.6 Å². The van der Waals surface area contributed by atoms with Crippen LogP contribution in [0.1, 0.15) is 38.3 Å². The Hall–Kier alpha value is -1.62. The number of hydrogen-bond acceptors (Lipinski definition) is 4. The Kier molecular flexibility index (Phi) is 7.01. The van der Waals surface area contributed by atoms with E-state index in [-0.39, 0.29) is 24.2 Å². The van der Waals surface area contributed by atoms with Gasteiger partial charge < -0.3 is 14.8 Å². The molecule has 1 N–H and O–H groups in total. The first kappa shape index (κ1) is 16.4. The number of benzene rings is 1. The fourth-order valence-corrected chi connectivity index (χ4v) is 1.91. The Morgan fingerprint density at radius 2 is 2.15 bits per heavy atom. The minimum atomic E-state index is -0.433. The molecule has 0 bridgehead atoms. The van der Waals surface area contributed by atoms with Gasteiger partial charge in [-0.25, -0.2) is 4.39 Å². The third kappa shape index (κ3) is 4.81. The Labute approximate surface area is 119 Å². The standard InChI is InChI=1S/C15H22FNO3/c1-4-8-17-13(10-15(18)20-5-2)11-6-7-14(19-3)12(16)9-11/h6-7,9,13,17H,4-5,8,10H2,1-3H3. The van der Waals surface area contributed by atoms with Crippen LogP contribution in [0.5, 0.6) is 5.75 Å². The van der Waals surface area contributed by atoms with E-state index in [4.69, 9.17) is 9.47 Å². The number of methoxy groups -OCH3 is 1. The number of carbonyl (C=O) groups excluding carboxylic acids is 1. The van der Waals surface area contributed by atoms with E-state index < -0.39 is 5.82 Å². The van der Waals surface area contributed by atoms with Gasteiger partial charge in [-0.15, -0.1) is 0 Å². The first-order chi connectivity index (χ1) is 9.62. The molecule has 0 aliphatic carbocycles. The molecule has 20 heavy (non-hydrogen) atoms. The second-order valence-electron chi connectivity index (χ2n) is 4.41. The summed E-state index contributed by atoms with van der Waals surface area (Å²) in [6, 6.07) is 4.46. The maximum atomic E-state index is 13.7. The third-order valence-electron chi connectivity index (χ3n) is 2.90. The monoisotopic (exact) mass is 283 g/mol. The van der Waals surface area contributed by atoms with Gasteiger partial charge >= 0.3 is 5.97 Å². The Bertz CT molecular complexity index is 437. The summed E-state index contributed by atoms with van der Waals surface area (Å²) in [6.07, 6.45) is 1.11. The summed E-state index contributed by atoms with van der Waals surface area (Å²) in [5.74, 6) is -0.534. The van der Waals surface area contributed by atoms with Crippen LogP contribution in [0, 0.1) is 5.82 Å². The number of carbonyl (C=O) groups is 1. The van der Waals surface area contributed by atoms with Crippen LogP contribution in [0.25, 0.3) is 0 Å². The van der Waals surface area contributed by atoms with E-state index in [0.29, 0.717) is 12.2 Å². The molecule has 0 heterocycles. The van der Waals surface area contributed by atoms with Gasteiger partial charge in [0.05, 0.1) is 20.1 Å². The molecule has 1 unspecified atom stereocenters. The first-order valence-electron chi connectivity index (χ1n) is 6.84. The zero-order valence-corrected chi connectivity index (χ0v) is 12.2. The van der Waals surface area contributed by atoms with Gasteiger partial charge in [-0.2, -0.15) is 0 Å². The van der Waals surface area contributed by atoms with Crippen LogP contribution in [-0.2, 0) is 9.53 Å². The fraction of sp³-hybridized carbons (Fsp3) is 0.533. The van der Waals surface area contributed by atoms with Gasteiger partial charge in [-0.3, -0.25) is 4.79 Å². The van der Waals surface area contributed by atoms with Gasteiger partial charge in [-0.05, 0) is 37.6 Å². The Morgan fingerprint density at radius 1 is 1.40 bits per heavy atom. The van der Waals surface area contributed by atoms with Crippen molar-refractivity contribution >= 4 is 5.97 Å². The summed E-state index contributed by atoms with van der Waals surface area (Å²) in [4.78, 5) is 11.6. The van der Waals surface area contributed by atoms with Crippen molar-refractivity contribution in [3.8, 4) is 5.75 Å². The third-order valence-corrected chi connectivity index (χ3v) is 2.90. The molecule has 0 aromatic heterocycles. The van der Waals surface area contributed by atoms with Crippen molar-refractivity contribution in [2.75, 3.05) is 20.3 Å². The maximum Gasteiger partial charge on any atom is 0.307 e. The lowest BCUT2D eigenvalue weighted by atomic mass is 10.0. The molecule has 0 spiro atoms. The smallest absolute Gasteiger partial charge is 0.307 e. The topological polar surface area (TPSA) is 47.6 Å². The van der Waals surface area contributed by atoms with Gasteiger partial charge in [0.25, 0.3) is 0 Å². The van der Waals surface area contributed by atoms with Gasteiger partial charge in [-0.1, -0.05) is 13.0 Å². The molecule has 0 amide bonds. The summed E-state index contributed by atoms with van der Waals surface area (Å²) in [5, 5.41) is 3.23. The number of nitrogens with one attached hydrogen (secondary N) is 1. The second-order valence-corrected chi connectivity index (χ2v) is 4.41. The molecule has 1 aromatic rings. The largest absolute Gasteiger partial charge is 0.494 e. The molecular weight excluding hydrogens is 261 g/mol. The van der Waals surface area contributed by atoms with Crippen LogP contribution in [-0.4, -0.2) is 26.2 Å². The Morgan fingerprint density at radius 3 is 2.70 bits per heavy atom. The highest BCUT2D eigenvalue weighted by atomic mass is 19.1. The average Bonchev–Trinajstić information content (AvgIpc) is 2.43. The van der Waals surface area contributed by atoms with Crippen LogP contribution < -0.4 is 10.1 Å². The molecule has 1 aromatic carbocycles. The van der Waals surface area contributed by atoms with E-state index in [1.165, 1.54) is 13.2 Å². The van der Waals surface area contributed by atoms with Crippen molar-refractivity contribution in [2.45, 2.75) is 32.7 Å². The quantitative estimate of drug-likeness (QED) is 0.745. The van der Waals surface area contributed by atoms with Crippen LogP contribution in [0.4, 0.5) is 4.39 Å². The SMILES string of the molecule is CCCNC(CC(=O)OCC)c1ccc(OC)c(F)c1. The molecule has 1 rings (SSSR count). The molecule has 5 heteroatoms. The molecule has 4 nitrogen and oxygen atoms in total. The summed E-state index contributed by atoms with van der Waals surface area (Å²) in [5.41, 5.74) is 0.713. The van der Waals surface area contributed by atoms with Crippen molar-refractivity contribution in [1.29, 1.82) is 0 Å². The first-order valence-corrected chi connectivity index (χ1v) is 6.84. The lowest BCUT2D eigenvalue weighted by Gasteiger charge is -2.18. The highest BCUT2D eigenvalue weighted by Crippen LogP contribution is 2.24. The molecule has 1 atom stereocenters. The predicted molar refractivity (Wildman–Crippen MR) is 75.2 cm³/mol. The van der Waals surface area contributed by atoms with Crippen molar-refractivity contribution in [2.24, 2.45) is 0 Å². The molecule has 0 aliphatic heterocycles. The van der Waals surface area contributed by atoms with Crippen LogP contribution in [0.15, 0.2) is 18.2 Å². The van der Waals surface area contributed by atoms with E-state index in [0.717, 1.165) is 13.0 Å². The minimum Gasteiger partial charge on any atom is -0.494 e. The number of hydrogen-bond donors (Lipinski definition) is 1. The molecule has 0 fully saturated rings. The number of esters is 1. The van der Waals surface area contributed by atoms with Gasteiger partial charge in [0, 0.05) is 6.04 Å². The Balaban J connectivity index is 2.86. The zero-order valence-electron chi connectivity index (χ0n) is 12.2. The average molecular weight is 283 g/mol. The summed E-state index contributed by atoms with van der Waals surface area (Å²) >= 11 is 0. The maximum absolute atomic E-state index is 13.7. The molecule has 0 aliphatic rings. The van der Waals surface area contributed by atoms with Crippen LogP contribution in [0.3, 0.4) is 0 Å². The minimum absolute atomic E-state index is 0.180. The van der Waals surface area contributed by atoms with E-state index in [1.807, 2.05) is 6.92 Å². The van der Waals surface area contributed by atoms with Crippen molar-refractivity contribution in [3.63, 3.8) is 0 Å². The zero-order chi connectivity index (χ0) is 15.0.